The standard InChI is InChI=1S/C10H10BrFO2/c1-7(13)14-10(6-11)8-2-4-9(12)5-3-8/h2-5,10H,6H2,1H3/t10-/m1/s1. The minimum Gasteiger partial charge on any atom is -0.457 e. The lowest BCUT2D eigenvalue weighted by molar-refractivity contribution is -0.145. The number of ether oxygens (including phenoxy) is 1. The van der Waals surface area contributed by atoms with Crippen molar-refractivity contribution in [1.82, 2.24) is 0 Å². The Morgan fingerprint density at radius 3 is 2.50 bits per heavy atom. The van der Waals surface area contributed by atoms with Crippen LogP contribution in [0.3, 0.4) is 0 Å². The highest BCUT2D eigenvalue weighted by Crippen LogP contribution is 2.20. The predicted molar refractivity (Wildman–Crippen MR) is 54.7 cm³/mol. The van der Waals surface area contributed by atoms with E-state index >= 15 is 0 Å². The number of alkyl halides is 1. The Morgan fingerprint density at radius 1 is 1.50 bits per heavy atom. The zero-order valence-corrected chi connectivity index (χ0v) is 9.25. The molecule has 0 aliphatic heterocycles. The molecule has 0 saturated carbocycles. The molecule has 0 fully saturated rings. The second kappa shape index (κ2) is 5.10. The van der Waals surface area contributed by atoms with E-state index in [2.05, 4.69) is 15.9 Å². The van der Waals surface area contributed by atoms with Gasteiger partial charge in [-0.15, -0.1) is 0 Å². The average Bonchev–Trinajstić information content (AvgIpc) is 2.15. The molecule has 0 spiro atoms. The summed E-state index contributed by atoms with van der Waals surface area (Å²) >= 11 is 3.23. The van der Waals surface area contributed by atoms with Crippen LogP contribution in [0.2, 0.25) is 0 Å². The van der Waals surface area contributed by atoms with E-state index in [0.29, 0.717) is 5.33 Å². The van der Waals surface area contributed by atoms with E-state index in [1.54, 1.807) is 12.1 Å². The Balaban J connectivity index is 2.78. The van der Waals surface area contributed by atoms with Crippen LogP contribution in [0.25, 0.3) is 0 Å². The van der Waals surface area contributed by atoms with Crippen molar-refractivity contribution >= 4 is 21.9 Å². The lowest BCUT2D eigenvalue weighted by Gasteiger charge is -2.14. The van der Waals surface area contributed by atoms with Crippen molar-refractivity contribution in [3.05, 3.63) is 35.6 Å². The number of benzene rings is 1. The molecule has 0 aliphatic carbocycles. The SMILES string of the molecule is CC(=O)O[C@H](CBr)c1ccc(F)cc1. The minimum absolute atomic E-state index is 0.301. The molecular weight excluding hydrogens is 251 g/mol. The number of rotatable bonds is 3. The Hall–Kier alpha value is -0.900. The number of hydrogen-bond acceptors (Lipinski definition) is 2. The molecule has 0 radical (unpaired) electrons. The Morgan fingerprint density at radius 2 is 2.07 bits per heavy atom. The third-order valence-corrected chi connectivity index (χ3v) is 2.28. The van der Waals surface area contributed by atoms with Gasteiger partial charge in [0.25, 0.3) is 0 Å². The van der Waals surface area contributed by atoms with Crippen LogP contribution >= 0.6 is 15.9 Å². The third-order valence-electron chi connectivity index (χ3n) is 1.69. The molecule has 0 unspecified atom stereocenters. The number of carbonyl (C=O) groups is 1. The van der Waals surface area contributed by atoms with Gasteiger partial charge in [-0.05, 0) is 17.7 Å². The monoisotopic (exact) mass is 260 g/mol. The van der Waals surface area contributed by atoms with Crippen molar-refractivity contribution in [2.45, 2.75) is 13.0 Å². The van der Waals surface area contributed by atoms with E-state index in [1.165, 1.54) is 19.1 Å². The highest BCUT2D eigenvalue weighted by atomic mass is 79.9. The summed E-state index contributed by atoms with van der Waals surface area (Å²) in [6, 6.07) is 5.89. The maximum atomic E-state index is 12.6. The van der Waals surface area contributed by atoms with Gasteiger partial charge in [0.05, 0.1) is 0 Å². The number of hydrogen-bond donors (Lipinski definition) is 0. The maximum absolute atomic E-state index is 12.6. The van der Waals surface area contributed by atoms with Crippen LogP contribution in [-0.2, 0) is 9.53 Å². The molecule has 0 aromatic heterocycles. The van der Waals surface area contributed by atoms with Crippen molar-refractivity contribution in [3.8, 4) is 0 Å². The van der Waals surface area contributed by atoms with Crippen molar-refractivity contribution in [1.29, 1.82) is 0 Å². The molecule has 2 nitrogen and oxygen atoms in total. The number of carbonyl (C=O) groups excluding carboxylic acids is 1. The molecule has 0 aliphatic rings. The van der Waals surface area contributed by atoms with Crippen LogP contribution in [0.5, 0.6) is 0 Å². The van der Waals surface area contributed by atoms with Crippen LogP contribution < -0.4 is 0 Å². The highest BCUT2D eigenvalue weighted by molar-refractivity contribution is 9.09. The van der Waals surface area contributed by atoms with E-state index in [9.17, 15) is 9.18 Å². The van der Waals surface area contributed by atoms with Crippen LogP contribution in [0.4, 0.5) is 4.39 Å². The highest BCUT2D eigenvalue weighted by Gasteiger charge is 2.12. The topological polar surface area (TPSA) is 26.3 Å². The molecular formula is C10H10BrFO2. The summed E-state index contributed by atoms with van der Waals surface area (Å²) in [7, 11) is 0. The predicted octanol–water partition coefficient (Wildman–Crippen LogP) is 2.82. The maximum Gasteiger partial charge on any atom is 0.303 e. The van der Waals surface area contributed by atoms with Crippen molar-refractivity contribution in [3.63, 3.8) is 0 Å². The average molecular weight is 261 g/mol. The Bertz CT molecular complexity index is 310. The van der Waals surface area contributed by atoms with Gasteiger partial charge in [0.2, 0.25) is 0 Å². The van der Waals surface area contributed by atoms with Crippen LogP contribution in [0, 0.1) is 5.82 Å². The summed E-state index contributed by atoms with van der Waals surface area (Å²) in [5.74, 6) is -0.649. The minimum atomic E-state index is -0.354. The first-order chi connectivity index (χ1) is 6.63. The molecule has 0 saturated heterocycles. The largest absolute Gasteiger partial charge is 0.457 e. The van der Waals surface area contributed by atoms with Gasteiger partial charge in [0.1, 0.15) is 11.9 Å². The molecule has 1 atom stereocenters. The third kappa shape index (κ3) is 3.10. The number of esters is 1. The van der Waals surface area contributed by atoms with E-state index < -0.39 is 0 Å². The zero-order chi connectivity index (χ0) is 10.6. The fourth-order valence-electron chi connectivity index (χ4n) is 1.07. The second-order valence-electron chi connectivity index (χ2n) is 2.80. The second-order valence-corrected chi connectivity index (χ2v) is 3.45. The lowest BCUT2D eigenvalue weighted by atomic mass is 10.1. The molecule has 0 N–H and O–H groups in total. The molecule has 4 heteroatoms. The molecule has 1 rings (SSSR count). The molecule has 1 aromatic rings. The van der Waals surface area contributed by atoms with Crippen LogP contribution in [-0.4, -0.2) is 11.3 Å². The van der Waals surface area contributed by atoms with Crippen molar-refractivity contribution in [2.75, 3.05) is 5.33 Å². The fraction of sp³-hybridized carbons (Fsp3) is 0.300. The van der Waals surface area contributed by atoms with E-state index in [-0.39, 0.29) is 17.9 Å². The first-order valence-electron chi connectivity index (χ1n) is 4.12. The summed E-state index contributed by atoms with van der Waals surface area (Å²) in [5.41, 5.74) is 0.776. The normalized spacial score (nSPS) is 12.2. The quantitative estimate of drug-likeness (QED) is 0.617. The van der Waals surface area contributed by atoms with Gasteiger partial charge in [-0.25, -0.2) is 4.39 Å². The van der Waals surface area contributed by atoms with E-state index in [0.717, 1.165) is 5.56 Å². The molecule has 14 heavy (non-hydrogen) atoms. The van der Waals surface area contributed by atoms with Gasteiger partial charge < -0.3 is 4.74 Å². The summed E-state index contributed by atoms with van der Waals surface area (Å²) in [6.45, 7) is 1.35. The molecule has 0 heterocycles. The summed E-state index contributed by atoms with van der Waals surface area (Å²) in [4.78, 5) is 10.7. The van der Waals surface area contributed by atoms with E-state index in [4.69, 9.17) is 4.74 Å². The van der Waals surface area contributed by atoms with E-state index in [1.807, 2.05) is 0 Å². The fourth-order valence-corrected chi connectivity index (χ4v) is 1.57. The van der Waals surface area contributed by atoms with Gasteiger partial charge in [0, 0.05) is 12.3 Å². The molecule has 0 bridgehead atoms. The van der Waals surface area contributed by atoms with Gasteiger partial charge >= 0.3 is 5.97 Å². The van der Waals surface area contributed by atoms with Crippen LogP contribution in [0.1, 0.15) is 18.6 Å². The lowest BCUT2D eigenvalue weighted by Crippen LogP contribution is -2.09. The zero-order valence-electron chi connectivity index (χ0n) is 7.67. The summed E-state index contributed by atoms with van der Waals surface area (Å²) in [5, 5.41) is 0.498. The van der Waals surface area contributed by atoms with Gasteiger partial charge in [-0.1, -0.05) is 28.1 Å². The van der Waals surface area contributed by atoms with Gasteiger partial charge in [-0.2, -0.15) is 0 Å². The number of halogens is 2. The van der Waals surface area contributed by atoms with Crippen LogP contribution in [0.15, 0.2) is 24.3 Å². The van der Waals surface area contributed by atoms with Crippen molar-refractivity contribution in [2.24, 2.45) is 0 Å². The molecule has 0 amide bonds. The Labute approximate surface area is 90.2 Å². The Kier molecular flexibility index (Phi) is 4.07. The van der Waals surface area contributed by atoms with Gasteiger partial charge in [-0.3, -0.25) is 4.79 Å². The van der Waals surface area contributed by atoms with Crippen molar-refractivity contribution < 1.29 is 13.9 Å². The summed E-state index contributed by atoms with van der Waals surface area (Å²) in [6.07, 6.45) is -0.354. The summed E-state index contributed by atoms with van der Waals surface area (Å²) < 4.78 is 17.6. The molecule has 76 valence electrons. The smallest absolute Gasteiger partial charge is 0.303 e. The first-order valence-corrected chi connectivity index (χ1v) is 5.24. The molecule has 1 aromatic carbocycles. The first kappa shape index (κ1) is 11.2. The van der Waals surface area contributed by atoms with Gasteiger partial charge in [0.15, 0.2) is 0 Å².